The Hall–Kier alpha value is -1.95. The number of benzene rings is 2. The molecule has 2 aromatic carbocycles. The number of likely N-dealkylation sites (N-methyl/N-ethyl adjacent to an activating group) is 1. The van der Waals surface area contributed by atoms with Crippen LogP contribution in [0.1, 0.15) is 24.5 Å². The predicted molar refractivity (Wildman–Crippen MR) is 117 cm³/mol. The van der Waals surface area contributed by atoms with E-state index < -0.39 is 6.04 Å². The third-order valence-corrected chi connectivity index (χ3v) is 5.65. The Morgan fingerprint density at radius 3 is 2.31 bits per heavy atom. The van der Waals surface area contributed by atoms with Crippen LogP contribution in [0.25, 0.3) is 0 Å². The van der Waals surface area contributed by atoms with Gasteiger partial charge < -0.3 is 15.0 Å². The summed E-state index contributed by atoms with van der Waals surface area (Å²) in [5.74, 6) is -0.112. The van der Waals surface area contributed by atoms with E-state index >= 15 is 0 Å². The highest BCUT2D eigenvalue weighted by molar-refractivity contribution is 6.36. The second-order valence-corrected chi connectivity index (χ2v) is 7.68. The molecular weight excluding hydrogens is 435 g/mol. The zero-order valence-corrected chi connectivity index (χ0v) is 18.7. The average Bonchev–Trinajstić information content (AvgIpc) is 2.70. The molecule has 0 aliphatic carbocycles. The van der Waals surface area contributed by atoms with Gasteiger partial charge in [0, 0.05) is 34.2 Å². The van der Waals surface area contributed by atoms with E-state index in [0.717, 1.165) is 5.56 Å². The molecule has 8 heteroatoms. The molecule has 156 valence electrons. The maximum atomic E-state index is 13.0. The number of carbonyl (C=O) groups is 2. The van der Waals surface area contributed by atoms with E-state index in [1.165, 1.54) is 11.9 Å². The Balaban J connectivity index is 2.26. The standard InChI is InChI=1S/C21H23Cl3N2O3/c1-4-19(21(28)25-3)26(11-15-17(23)6-5-7-18(15)24)20(27)12-29-14-8-9-16(22)13(2)10-14/h5-10,19H,4,11-12H2,1-3H3,(H,25,28). The number of nitrogens with one attached hydrogen (secondary N) is 1. The van der Waals surface area contributed by atoms with Gasteiger partial charge in [0.05, 0.1) is 0 Å². The van der Waals surface area contributed by atoms with Crippen LogP contribution in [-0.2, 0) is 16.1 Å². The number of hydrogen-bond acceptors (Lipinski definition) is 3. The average molecular weight is 458 g/mol. The smallest absolute Gasteiger partial charge is 0.261 e. The Morgan fingerprint density at radius 1 is 1.10 bits per heavy atom. The van der Waals surface area contributed by atoms with Crippen LogP contribution in [-0.4, -0.2) is 36.4 Å². The van der Waals surface area contributed by atoms with E-state index in [0.29, 0.717) is 32.8 Å². The fourth-order valence-corrected chi connectivity index (χ4v) is 3.51. The fraction of sp³-hybridized carbons (Fsp3) is 0.333. The number of halogens is 3. The van der Waals surface area contributed by atoms with Gasteiger partial charge in [-0.3, -0.25) is 9.59 Å². The topological polar surface area (TPSA) is 58.6 Å². The van der Waals surface area contributed by atoms with Gasteiger partial charge in [-0.1, -0.05) is 47.8 Å². The van der Waals surface area contributed by atoms with Crippen molar-refractivity contribution in [2.24, 2.45) is 0 Å². The maximum absolute atomic E-state index is 13.0. The summed E-state index contributed by atoms with van der Waals surface area (Å²) >= 11 is 18.6. The lowest BCUT2D eigenvalue weighted by Gasteiger charge is -2.30. The Kier molecular flexibility index (Phi) is 8.62. The second kappa shape index (κ2) is 10.7. The van der Waals surface area contributed by atoms with Gasteiger partial charge in [-0.05, 0) is 49.2 Å². The summed E-state index contributed by atoms with van der Waals surface area (Å²) in [6, 6.07) is 9.57. The van der Waals surface area contributed by atoms with Crippen LogP contribution in [0.3, 0.4) is 0 Å². The molecule has 0 aromatic heterocycles. The molecular formula is C21H23Cl3N2O3. The van der Waals surface area contributed by atoms with Crippen molar-refractivity contribution in [3.05, 3.63) is 62.6 Å². The van der Waals surface area contributed by atoms with E-state index in [2.05, 4.69) is 5.32 Å². The summed E-state index contributed by atoms with van der Waals surface area (Å²) in [6.07, 6.45) is 0.424. The van der Waals surface area contributed by atoms with Gasteiger partial charge in [-0.15, -0.1) is 0 Å². The molecule has 1 atom stereocenters. The lowest BCUT2D eigenvalue weighted by Crippen LogP contribution is -2.49. The first kappa shape index (κ1) is 23.3. The normalized spacial score (nSPS) is 11.7. The molecule has 0 aliphatic heterocycles. The van der Waals surface area contributed by atoms with E-state index in [1.807, 2.05) is 13.8 Å². The molecule has 29 heavy (non-hydrogen) atoms. The number of amides is 2. The van der Waals surface area contributed by atoms with Gasteiger partial charge in [-0.25, -0.2) is 0 Å². The molecule has 0 saturated heterocycles. The number of carbonyl (C=O) groups excluding carboxylic acids is 2. The highest BCUT2D eigenvalue weighted by atomic mass is 35.5. The van der Waals surface area contributed by atoms with Gasteiger partial charge in [-0.2, -0.15) is 0 Å². The maximum Gasteiger partial charge on any atom is 0.261 e. The quantitative estimate of drug-likeness (QED) is 0.614. The van der Waals surface area contributed by atoms with Crippen molar-refractivity contribution in [1.82, 2.24) is 10.2 Å². The fourth-order valence-electron chi connectivity index (χ4n) is 2.87. The van der Waals surface area contributed by atoms with Crippen LogP contribution in [0.4, 0.5) is 0 Å². The number of hydrogen-bond donors (Lipinski definition) is 1. The van der Waals surface area contributed by atoms with Gasteiger partial charge in [0.15, 0.2) is 6.61 Å². The lowest BCUT2D eigenvalue weighted by atomic mass is 10.1. The predicted octanol–water partition coefficient (Wildman–Crippen LogP) is 4.89. The molecule has 0 heterocycles. The zero-order valence-electron chi connectivity index (χ0n) is 16.5. The summed E-state index contributed by atoms with van der Waals surface area (Å²) in [4.78, 5) is 26.8. The monoisotopic (exact) mass is 456 g/mol. The van der Waals surface area contributed by atoms with Crippen LogP contribution >= 0.6 is 34.8 Å². The summed E-state index contributed by atoms with van der Waals surface area (Å²) in [6.45, 7) is 3.53. The molecule has 0 bridgehead atoms. The molecule has 2 amide bonds. The van der Waals surface area contributed by atoms with E-state index in [-0.39, 0.29) is 25.0 Å². The van der Waals surface area contributed by atoms with Crippen LogP contribution in [0, 0.1) is 6.92 Å². The molecule has 0 saturated carbocycles. The molecule has 0 aliphatic rings. The summed E-state index contributed by atoms with van der Waals surface area (Å²) < 4.78 is 5.64. The minimum atomic E-state index is -0.685. The molecule has 5 nitrogen and oxygen atoms in total. The SMILES string of the molecule is CCC(C(=O)NC)N(Cc1c(Cl)cccc1Cl)C(=O)COc1ccc(Cl)c(C)c1. The number of nitrogens with zero attached hydrogens (tertiary/aromatic N) is 1. The first-order chi connectivity index (χ1) is 13.8. The van der Waals surface area contributed by atoms with Crippen molar-refractivity contribution >= 4 is 46.6 Å². The number of ether oxygens (including phenoxy) is 1. The van der Waals surface area contributed by atoms with E-state index in [9.17, 15) is 9.59 Å². The van der Waals surface area contributed by atoms with Crippen molar-refractivity contribution in [3.8, 4) is 5.75 Å². The Bertz CT molecular complexity index is 869. The third kappa shape index (κ3) is 6.01. The summed E-state index contributed by atoms with van der Waals surface area (Å²) in [5, 5.41) is 4.07. The molecule has 2 aromatic rings. The van der Waals surface area contributed by atoms with Crippen molar-refractivity contribution < 1.29 is 14.3 Å². The number of aryl methyl sites for hydroxylation is 1. The third-order valence-electron chi connectivity index (χ3n) is 4.51. The van der Waals surface area contributed by atoms with E-state index in [4.69, 9.17) is 39.5 Å². The van der Waals surface area contributed by atoms with Crippen LogP contribution in [0.2, 0.25) is 15.1 Å². The van der Waals surface area contributed by atoms with E-state index in [1.54, 1.807) is 36.4 Å². The zero-order chi connectivity index (χ0) is 21.6. The molecule has 0 spiro atoms. The lowest BCUT2D eigenvalue weighted by molar-refractivity contribution is -0.142. The molecule has 0 radical (unpaired) electrons. The van der Waals surface area contributed by atoms with Gasteiger partial charge in [0.25, 0.3) is 5.91 Å². The van der Waals surface area contributed by atoms with Crippen molar-refractivity contribution in [2.45, 2.75) is 32.9 Å². The molecule has 0 fully saturated rings. The van der Waals surface area contributed by atoms with Gasteiger partial charge in [0.2, 0.25) is 5.91 Å². The van der Waals surface area contributed by atoms with Crippen molar-refractivity contribution in [3.63, 3.8) is 0 Å². The first-order valence-corrected chi connectivity index (χ1v) is 10.2. The first-order valence-electron chi connectivity index (χ1n) is 9.11. The largest absolute Gasteiger partial charge is 0.484 e. The summed E-state index contributed by atoms with van der Waals surface area (Å²) in [7, 11) is 1.53. The van der Waals surface area contributed by atoms with Crippen molar-refractivity contribution in [1.29, 1.82) is 0 Å². The van der Waals surface area contributed by atoms with Crippen molar-refractivity contribution in [2.75, 3.05) is 13.7 Å². The second-order valence-electron chi connectivity index (χ2n) is 6.46. The summed E-state index contributed by atoms with van der Waals surface area (Å²) in [5.41, 5.74) is 1.42. The minimum absolute atomic E-state index is 0.0896. The highest BCUT2D eigenvalue weighted by Crippen LogP contribution is 2.27. The van der Waals surface area contributed by atoms with Crippen LogP contribution < -0.4 is 10.1 Å². The van der Waals surface area contributed by atoms with Gasteiger partial charge >= 0.3 is 0 Å². The van der Waals surface area contributed by atoms with Crippen LogP contribution in [0.15, 0.2) is 36.4 Å². The van der Waals surface area contributed by atoms with Crippen LogP contribution in [0.5, 0.6) is 5.75 Å². The minimum Gasteiger partial charge on any atom is -0.484 e. The molecule has 2 rings (SSSR count). The highest BCUT2D eigenvalue weighted by Gasteiger charge is 2.29. The Morgan fingerprint density at radius 2 is 1.76 bits per heavy atom. The molecule has 1 N–H and O–H groups in total. The van der Waals surface area contributed by atoms with Gasteiger partial charge in [0.1, 0.15) is 11.8 Å². The Labute approximate surface area is 185 Å². The number of rotatable bonds is 8. The molecule has 1 unspecified atom stereocenters.